The van der Waals surface area contributed by atoms with Crippen molar-refractivity contribution in [1.82, 2.24) is 9.80 Å². The maximum absolute atomic E-state index is 14.1. The zero-order chi connectivity index (χ0) is 27.7. The van der Waals surface area contributed by atoms with Crippen LogP contribution in [-0.2, 0) is 9.53 Å². The topological polar surface area (TPSA) is 91.3 Å². The molecule has 0 bridgehead atoms. The zero-order valence-corrected chi connectivity index (χ0v) is 24.1. The Labute approximate surface area is 229 Å². The van der Waals surface area contributed by atoms with E-state index >= 15 is 0 Å². The SMILES string of the molecule is C[C@H](CO)N1C[C@H](C)[C@@H](CN(C)C)OCCCC[C@H](C)Oc2ccc(NC(=O)C3CCCCC3)cc2C1=O. The minimum Gasteiger partial charge on any atom is -0.490 e. The first-order valence-electron chi connectivity index (χ1n) is 14.5. The number of nitrogens with zero attached hydrogens (tertiary/aromatic N) is 2. The molecule has 38 heavy (non-hydrogen) atoms. The number of carbonyl (C=O) groups excluding carboxylic acids is 2. The van der Waals surface area contributed by atoms with Crippen LogP contribution in [0.5, 0.6) is 5.75 Å². The van der Waals surface area contributed by atoms with Crippen molar-refractivity contribution in [3.8, 4) is 5.75 Å². The van der Waals surface area contributed by atoms with E-state index < -0.39 is 0 Å². The molecule has 214 valence electrons. The van der Waals surface area contributed by atoms with Crippen LogP contribution in [0.1, 0.15) is 82.5 Å². The molecule has 1 aliphatic carbocycles. The summed E-state index contributed by atoms with van der Waals surface area (Å²) in [5, 5.41) is 13.1. The molecule has 1 aromatic rings. The van der Waals surface area contributed by atoms with Gasteiger partial charge < -0.3 is 29.7 Å². The van der Waals surface area contributed by atoms with Crippen molar-refractivity contribution in [2.24, 2.45) is 11.8 Å². The third kappa shape index (κ3) is 8.68. The molecule has 8 nitrogen and oxygen atoms in total. The lowest BCUT2D eigenvalue weighted by molar-refractivity contribution is -0.120. The summed E-state index contributed by atoms with van der Waals surface area (Å²) >= 11 is 0. The minimum atomic E-state index is -0.386. The van der Waals surface area contributed by atoms with Gasteiger partial charge >= 0.3 is 0 Å². The summed E-state index contributed by atoms with van der Waals surface area (Å²) in [5.41, 5.74) is 1.01. The number of ether oxygens (including phenoxy) is 2. The highest BCUT2D eigenvalue weighted by Gasteiger charge is 2.30. The molecule has 0 radical (unpaired) electrons. The number of amides is 2. The zero-order valence-electron chi connectivity index (χ0n) is 24.1. The van der Waals surface area contributed by atoms with Crippen molar-refractivity contribution in [3.63, 3.8) is 0 Å². The van der Waals surface area contributed by atoms with Gasteiger partial charge in [-0.2, -0.15) is 0 Å². The number of hydrogen-bond donors (Lipinski definition) is 2. The van der Waals surface area contributed by atoms with Crippen LogP contribution in [0.2, 0.25) is 0 Å². The number of likely N-dealkylation sites (N-methyl/N-ethyl adjacent to an activating group) is 1. The summed E-state index contributed by atoms with van der Waals surface area (Å²) in [5.74, 6) is 0.389. The molecular formula is C30H49N3O5. The van der Waals surface area contributed by atoms with Gasteiger partial charge in [-0.1, -0.05) is 26.2 Å². The van der Waals surface area contributed by atoms with E-state index in [2.05, 4.69) is 17.1 Å². The number of benzene rings is 1. The van der Waals surface area contributed by atoms with Crippen molar-refractivity contribution in [2.75, 3.05) is 45.7 Å². The lowest BCUT2D eigenvalue weighted by atomic mass is 9.88. The molecule has 1 aromatic carbocycles. The van der Waals surface area contributed by atoms with E-state index in [1.54, 1.807) is 17.0 Å². The van der Waals surface area contributed by atoms with Gasteiger partial charge in [0.25, 0.3) is 5.91 Å². The summed E-state index contributed by atoms with van der Waals surface area (Å²) < 4.78 is 12.6. The largest absolute Gasteiger partial charge is 0.490 e. The Morgan fingerprint density at radius 2 is 1.84 bits per heavy atom. The minimum absolute atomic E-state index is 0.0183. The normalized spacial score (nSPS) is 25.3. The Bertz CT molecular complexity index is 902. The van der Waals surface area contributed by atoms with Gasteiger partial charge in [0.2, 0.25) is 5.91 Å². The standard InChI is InChI=1S/C30H49N3O5/c1-21-18-33(22(2)20-34)30(36)26-17-25(31-29(35)24-12-7-6-8-13-24)14-15-27(26)38-23(3)11-9-10-16-37-28(21)19-32(4)5/h14-15,17,21-24,28,34H,6-13,16,18-20H2,1-5H3,(H,31,35)/t21-,22+,23-,28+/m0/s1. The fourth-order valence-corrected chi connectivity index (χ4v) is 5.43. The fourth-order valence-electron chi connectivity index (χ4n) is 5.43. The van der Waals surface area contributed by atoms with Crippen LogP contribution in [-0.4, -0.2) is 85.4 Å². The van der Waals surface area contributed by atoms with Crippen LogP contribution in [0.25, 0.3) is 0 Å². The van der Waals surface area contributed by atoms with Crippen molar-refractivity contribution in [3.05, 3.63) is 23.8 Å². The highest BCUT2D eigenvalue weighted by atomic mass is 16.5. The van der Waals surface area contributed by atoms with Gasteiger partial charge in [0, 0.05) is 37.2 Å². The Balaban J connectivity index is 1.94. The van der Waals surface area contributed by atoms with Crippen LogP contribution in [0, 0.1) is 11.8 Å². The lowest BCUT2D eigenvalue weighted by Gasteiger charge is -2.35. The number of aliphatic hydroxyl groups excluding tert-OH is 1. The van der Waals surface area contributed by atoms with E-state index in [1.165, 1.54) is 6.42 Å². The van der Waals surface area contributed by atoms with Gasteiger partial charge in [-0.3, -0.25) is 9.59 Å². The second-order valence-electron chi connectivity index (χ2n) is 11.6. The van der Waals surface area contributed by atoms with Crippen LogP contribution in [0.4, 0.5) is 5.69 Å². The Morgan fingerprint density at radius 1 is 1.13 bits per heavy atom. The molecule has 3 rings (SSSR count). The van der Waals surface area contributed by atoms with Gasteiger partial charge in [0.15, 0.2) is 0 Å². The summed E-state index contributed by atoms with van der Waals surface area (Å²) in [4.78, 5) is 30.9. The van der Waals surface area contributed by atoms with E-state index in [0.29, 0.717) is 30.2 Å². The molecule has 1 fully saturated rings. The number of fused-ring (bicyclic) bond motifs is 1. The molecule has 1 heterocycles. The Hall–Kier alpha value is -2.16. The smallest absolute Gasteiger partial charge is 0.258 e. The van der Waals surface area contributed by atoms with E-state index in [1.807, 2.05) is 34.0 Å². The molecule has 2 amide bonds. The van der Waals surface area contributed by atoms with Gasteiger partial charge in [-0.25, -0.2) is 0 Å². The molecular weight excluding hydrogens is 482 g/mol. The molecule has 0 spiro atoms. The predicted molar refractivity (Wildman–Crippen MR) is 151 cm³/mol. The fraction of sp³-hybridized carbons (Fsp3) is 0.733. The third-order valence-corrected chi connectivity index (χ3v) is 7.84. The average molecular weight is 532 g/mol. The van der Waals surface area contributed by atoms with Gasteiger partial charge in [0.05, 0.1) is 30.4 Å². The first kappa shape index (κ1) is 30.4. The number of nitrogens with one attached hydrogen (secondary N) is 1. The molecule has 1 saturated carbocycles. The first-order chi connectivity index (χ1) is 18.2. The van der Waals surface area contributed by atoms with Crippen LogP contribution in [0.3, 0.4) is 0 Å². The van der Waals surface area contributed by atoms with Gasteiger partial charge in [-0.15, -0.1) is 0 Å². The highest BCUT2D eigenvalue weighted by Crippen LogP contribution is 2.30. The van der Waals surface area contributed by atoms with E-state index in [-0.39, 0.29) is 48.5 Å². The van der Waals surface area contributed by atoms with Gasteiger partial charge in [-0.05, 0) is 78.2 Å². The van der Waals surface area contributed by atoms with Crippen molar-refractivity contribution >= 4 is 17.5 Å². The van der Waals surface area contributed by atoms with Crippen LogP contribution < -0.4 is 10.1 Å². The third-order valence-electron chi connectivity index (χ3n) is 7.84. The summed E-state index contributed by atoms with van der Waals surface area (Å²) in [6.07, 6.45) is 7.81. The van der Waals surface area contributed by atoms with Crippen molar-refractivity contribution in [2.45, 2.75) is 90.4 Å². The second kappa shape index (κ2) is 14.8. The summed E-state index contributed by atoms with van der Waals surface area (Å²) in [6.45, 7) is 7.68. The highest BCUT2D eigenvalue weighted by molar-refractivity contribution is 6.00. The molecule has 4 atom stereocenters. The number of anilines is 1. The summed E-state index contributed by atoms with van der Waals surface area (Å²) in [7, 11) is 4.05. The molecule has 2 N–H and O–H groups in total. The predicted octanol–water partition coefficient (Wildman–Crippen LogP) is 4.56. The first-order valence-corrected chi connectivity index (χ1v) is 14.5. The maximum atomic E-state index is 14.1. The van der Waals surface area contributed by atoms with E-state index in [0.717, 1.165) is 51.5 Å². The van der Waals surface area contributed by atoms with Crippen LogP contribution >= 0.6 is 0 Å². The molecule has 0 saturated heterocycles. The molecule has 0 unspecified atom stereocenters. The van der Waals surface area contributed by atoms with E-state index in [9.17, 15) is 14.7 Å². The van der Waals surface area contributed by atoms with Gasteiger partial charge in [0.1, 0.15) is 5.75 Å². The maximum Gasteiger partial charge on any atom is 0.258 e. The van der Waals surface area contributed by atoms with Crippen molar-refractivity contribution < 1.29 is 24.2 Å². The Kier molecular flexibility index (Phi) is 11.9. The molecule has 2 aliphatic rings. The molecule has 8 heteroatoms. The molecule has 0 aromatic heterocycles. The Morgan fingerprint density at radius 3 is 2.53 bits per heavy atom. The second-order valence-corrected chi connectivity index (χ2v) is 11.6. The van der Waals surface area contributed by atoms with E-state index in [4.69, 9.17) is 9.47 Å². The van der Waals surface area contributed by atoms with Crippen molar-refractivity contribution in [1.29, 1.82) is 0 Å². The quantitative estimate of drug-likeness (QED) is 0.559. The van der Waals surface area contributed by atoms with Crippen LogP contribution in [0.15, 0.2) is 18.2 Å². The molecule has 1 aliphatic heterocycles. The lowest BCUT2D eigenvalue weighted by Crippen LogP contribution is -2.47. The number of aliphatic hydroxyl groups is 1. The average Bonchev–Trinajstić information content (AvgIpc) is 2.90. The monoisotopic (exact) mass is 531 g/mol. The number of rotatable bonds is 6. The number of carbonyl (C=O) groups is 2. The number of hydrogen-bond acceptors (Lipinski definition) is 6. The summed E-state index contributed by atoms with van der Waals surface area (Å²) in [6, 6.07) is 4.98.